The first-order valence-electron chi connectivity index (χ1n) is 8.10. The van der Waals surface area contributed by atoms with Crippen molar-refractivity contribution in [3.63, 3.8) is 0 Å². The van der Waals surface area contributed by atoms with Crippen molar-refractivity contribution in [3.05, 3.63) is 45.9 Å². The van der Waals surface area contributed by atoms with Gasteiger partial charge in [-0.25, -0.2) is 13.4 Å². The lowest BCUT2D eigenvalue weighted by atomic mass is 10.2. The molecule has 1 aliphatic rings. The molecule has 3 N–H and O–H groups in total. The molecule has 1 aromatic heterocycles. The number of morpholine rings is 1. The van der Waals surface area contributed by atoms with Gasteiger partial charge in [0.15, 0.2) is 0 Å². The monoisotopic (exact) mass is 432 g/mol. The highest BCUT2D eigenvalue weighted by Crippen LogP contribution is 2.18. The van der Waals surface area contributed by atoms with E-state index in [2.05, 4.69) is 10.3 Å². The Morgan fingerprint density at radius 3 is 2.52 bits per heavy atom. The molecule has 1 saturated heterocycles. The first-order valence-corrected chi connectivity index (χ1v) is 10.4. The summed E-state index contributed by atoms with van der Waals surface area (Å²) in [7, 11) is -3.51. The predicted molar refractivity (Wildman–Crippen MR) is 104 cm³/mol. The highest BCUT2D eigenvalue weighted by atomic mass is 35.5. The quantitative estimate of drug-likeness (QED) is 0.703. The van der Waals surface area contributed by atoms with E-state index in [9.17, 15) is 13.2 Å². The topological polar surface area (TPSA) is 115 Å². The largest absolute Gasteiger partial charge is 0.379 e. The predicted octanol–water partition coefficient (Wildman–Crippen LogP) is 0.975. The number of hydrogen-bond acceptors (Lipinski definition) is 7. The van der Waals surface area contributed by atoms with Gasteiger partial charge in [0.25, 0.3) is 5.91 Å². The average Bonchev–Trinajstić information content (AvgIpc) is 3.16. The average molecular weight is 433 g/mol. The van der Waals surface area contributed by atoms with Crippen LogP contribution >= 0.6 is 23.7 Å². The number of nitrogens with zero attached hydrogens (tertiary/aromatic N) is 2. The number of halogens is 1. The Labute approximate surface area is 168 Å². The number of nitrogens with two attached hydrogens (primary N) is 1. The molecule has 0 bridgehead atoms. The molecule has 11 heteroatoms. The highest BCUT2D eigenvalue weighted by molar-refractivity contribution is 7.89. The Morgan fingerprint density at radius 2 is 1.93 bits per heavy atom. The maximum atomic E-state index is 12.6. The molecule has 148 valence electrons. The van der Waals surface area contributed by atoms with Gasteiger partial charge in [-0.1, -0.05) is 12.1 Å². The van der Waals surface area contributed by atoms with Gasteiger partial charge in [-0.05, 0) is 17.7 Å². The molecule has 2 aromatic rings. The number of benzene rings is 1. The number of carbonyl (C=O) groups is 1. The van der Waals surface area contributed by atoms with Gasteiger partial charge in [0.1, 0.15) is 10.7 Å². The van der Waals surface area contributed by atoms with Gasteiger partial charge in [-0.3, -0.25) is 4.79 Å². The second kappa shape index (κ2) is 9.58. The van der Waals surface area contributed by atoms with Crippen LogP contribution in [0, 0.1) is 0 Å². The molecule has 0 saturated carbocycles. The first-order chi connectivity index (χ1) is 12.5. The number of carbonyl (C=O) groups excluding carboxylic acids is 1. The van der Waals surface area contributed by atoms with Gasteiger partial charge < -0.3 is 15.8 Å². The molecule has 1 amide bonds. The van der Waals surface area contributed by atoms with Crippen molar-refractivity contribution in [2.24, 2.45) is 5.73 Å². The van der Waals surface area contributed by atoms with E-state index in [0.29, 0.717) is 43.5 Å². The molecule has 8 nitrogen and oxygen atoms in total. The van der Waals surface area contributed by atoms with Crippen LogP contribution in [0.1, 0.15) is 21.1 Å². The lowest BCUT2D eigenvalue weighted by Crippen LogP contribution is -2.40. The number of ether oxygens (including phenoxy) is 1. The van der Waals surface area contributed by atoms with Gasteiger partial charge in [0.05, 0.1) is 18.1 Å². The van der Waals surface area contributed by atoms with Crippen molar-refractivity contribution >= 4 is 39.7 Å². The summed E-state index contributed by atoms with van der Waals surface area (Å²) in [5, 5.41) is 5.13. The summed E-state index contributed by atoms with van der Waals surface area (Å²) >= 11 is 1.34. The number of sulfonamides is 1. The molecule has 1 aromatic carbocycles. The van der Waals surface area contributed by atoms with E-state index in [4.69, 9.17) is 10.5 Å². The lowest BCUT2D eigenvalue weighted by Gasteiger charge is -2.26. The Bertz CT molecular complexity index is 865. The lowest BCUT2D eigenvalue weighted by molar-refractivity contribution is 0.0730. The van der Waals surface area contributed by atoms with Crippen LogP contribution in [0.3, 0.4) is 0 Å². The Hall–Kier alpha value is -1.56. The van der Waals surface area contributed by atoms with Crippen LogP contribution < -0.4 is 11.1 Å². The van der Waals surface area contributed by atoms with Crippen molar-refractivity contribution in [1.82, 2.24) is 14.6 Å². The van der Waals surface area contributed by atoms with Crippen molar-refractivity contribution < 1.29 is 17.9 Å². The molecule has 2 heterocycles. The van der Waals surface area contributed by atoms with E-state index >= 15 is 0 Å². The van der Waals surface area contributed by atoms with Gasteiger partial charge in [0, 0.05) is 31.6 Å². The van der Waals surface area contributed by atoms with Gasteiger partial charge in [0.2, 0.25) is 10.0 Å². The summed E-state index contributed by atoms with van der Waals surface area (Å²) in [6.07, 6.45) is 0. The molecule has 0 atom stereocenters. The molecule has 1 aliphatic heterocycles. The minimum absolute atomic E-state index is 0. The van der Waals surface area contributed by atoms with Crippen LogP contribution in [0.15, 0.2) is 34.5 Å². The Balaban J connectivity index is 0.00000261. The fraction of sp³-hybridized carbons (Fsp3) is 0.375. The van der Waals surface area contributed by atoms with Crippen molar-refractivity contribution in [2.75, 3.05) is 26.3 Å². The molecule has 0 radical (unpaired) electrons. The zero-order valence-electron chi connectivity index (χ0n) is 14.5. The van der Waals surface area contributed by atoms with E-state index in [1.807, 2.05) is 0 Å². The summed E-state index contributed by atoms with van der Waals surface area (Å²) in [5.41, 5.74) is 6.62. The summed E-state index contributed by atoms with van der Waals surface area (Å²) in [6, 6.07) is 6.50. The molecule has 27 heavy (non-hydrogen) atoms. The minimum atomic E-state index is -3.51. The number of amides is 1. The Kier molecular flexibility index (Phi) is 7.71. The second-order valence-corrected chi connectivity index (χ2v) is 8.55. The number of thiazole rings is 1. The summed E-state index contributed by atoms with van der Waals surface area (Å²) in [4.78, 5) is 16.4. The van der Waals surface area contributed by atoms with Crippen LogP contribution in [0.4, 0.5) is 0 Å². The highest BCUT2D eigenvalue weighted by Gasteiger charge is 2.26. The van der Waals surface area contributed by atoms with E-state index in [-0.39, 0.29) is 29.8 Å². The second-order valence-electron chi connectivity index (χ2n) is 5.67. The van der Waals surface area contributed by atoms with Gasteiger partial charge in [-0.15, -0.1) is 23.7 Å². The molecule has 0 spiro atoms. The molecule has 3 rings (SSSR count). The summed E-state index contributed by atoms with van der Waals surface area (Å²) in [5.74, 6) is -0.286. The third-order valence-corrected chi connectivity index (χ3v) is 6.73. The van der Waals surface area contributed by atoms with Crippen LogP contribution in [-0.2, 0) is 27.8 Å². The SMILES string of the molecule is Cl.NCc1nc(C(=O)NCc2ccc(S(=O)(=O)N3CCOCC3)cc2)cs1. The molecular weight excluding hydrogens is 412 g/mol. The van der Waals surface area contributed by atoms with Crippen LogP contribution in [0.5, 0.6) is 0 Å². The summed E-state index contributed by atoms with van der Waals surface area (Å²) < 4.78 is 31.7. The molecular formula is C16H21ClN4O4S2. The first kappa shape index (κ1) is 21.7. The fourth-order valence-electron chi connectivity index (χ4n) is 2.50. The van der Waals surface area contributed by atoms with Crippen molar-refractivity contribution in [3.8, 4) is 0 Å². The third kappa shape index (κ3) is 5.24. The van der Waals surface area contributed by atoms with Crippen molar-refractivity contribution in [2.45, 2.75) is 18.0 Å². The number of nitrogens with one attached hydrogen (secondary N) is 1. The zero-order chi connectivity index (χ0) is 18.6. The smallest absolute Gasteiger partial charge is 0.271 e. The number of aromatic nitrogens is 1. The van der Waals surface area contributed by atoms with E-state index in [1.54, 1.807) is 29.6 Å². The number of hydrogen-bond donors (Lipinski definition) is 2. The number of rotatable bonds is 6. The fourth-order valence-corrected chi connectivity index (χ4v) is 4.56. The molecule has 0 unspecified atom stereocenters. The maximum Gasteiger partial charge on any atom is 0.271 e. The van der Waals surface area contributed by atoms with Gasteiger partial charge in [-0.2, -0.15) is 4.31 Å². The standard InChI is InChI=1S/C16H20N4O4S2.ClH/c17-9-15-19-14(11-25-15)16(21)18-10-12-1-3-13(4-2-12)26(22,23)20-5-7-24-8-6-20;/h1-4,11H,5-10,17H2,(H,18,21);1H. The zero-order valence-corrected chi connectivity index (χ0v) is 16.9. The van der Waals surface area contributed by atoms with E-state index in [0.717, 1.165) is 5.56 Å². The third-order valence-electron chi connectivity index (χ3n) is 3.94. The van der Waals surface area contributed by atoms with E-state index in [1.165, 1.54) is 15.6 Å². The normalized spacial score (nSPS) is 15.1. The Morgan fingerprint density at radius 1 is 1.26 bits per heavy atom. The van der Waals surface area contributed by atoms with Crippen molar-refractivity contribution in [1.29, 1.82) is 0 Å². The van der Waals surface area contributed by atoms with Crippen LogP contribution in [0.2, 0.25) is 0 Å². The van der Waals surface area contributed by atoms with Crippen LogP contribution in [0.25, 0.3) is 0 Å². The molecule has 0 aliphatic carbocycles. The van der Waals surface area contributed by atoms with E-state index < -0.39 is 10.0 Å². The molecule has 1 fully saturated rings. The minimum Gasteiger partial charge on any atom is -0.379 e. The van der Waals surface area contributed by atoms with Gasteiger partial charge >= 0.3 is 0 Å². The maximum absolute atomic E-state index is 12.6. The van der Waals surface area contributed by atoms with Crippen LogP contribution in [-0.4, -0.2) is 49.9 Å². The summed E-state index contributed by atoms with van der Waals surface area (Å²) in [6.45, 7) is 2.12.